The van der Waals surface area contributed by atoms with Crippen LogP contribution in [-0.2, 0) is 6.42 Å². The van der Waals surface area contributed by atoms with Gasteiger partial charge in [-0.3, -0.25) is 0 Å². The zero-order valence-electron chi connectivity index (χ0n) is 13.2. The summed E-state index contributed by atoms with van der Waals surface area (Å²) in [7, 11) is 0. The molecule has 1 aromatic carbocycles. The van der Waals surface area contributed by atoms with Crippen molar-refractivity contribution in [3.63, 3.8) is 0 Å². The largest absolute Gasteiger partial charge is 0.387 e. The molecule has 0 aliphatic rings. The van der Waals surface area contributed by atoms with Crippen LogP contribution in [0.4, 0.5) is 0 Å². The van der Waals surface area contributed by atoms with E-state index in [1.165, 1.54) is 5.56 Å². The van der Waals surface area contributed by atoms with Gasteiger partial charge in [0.1, 0.15) is 0 Å². The molecule has 0 bridgehead atoms. The van der Waals surface area contributed by atoms with Gasteiger partial charge in [-0.2, -0.15) is 11.8 Å². The number of hydrogen-bond acceptors (Lipinski definition) is 3. The van der Waals surface area contributed by atoms with Crippen molar-refractivity contribution >= 4 is 11.8 Å². The molecule has 114 valence electrons. The Bertz CT molecular complexity index is 364. The highest BCUT2D eigenvalue weighted by molar-refractivity contribution is 7.98. The normalized spacial score (nSPS) is 14.5. The first-order valence-electron chi connectivity index (χ1n) is 7.56. The number of aliphatic hydroxyl groups is 1. The van der Waals surface area contributed by atoms with Crippen LogP contribution in [0.1, 0.15) is 44.4 Å². The minimum absolute atomic E-state index is 0.418. The van der Waals surface area contributed by atoms with Gasteiger partial charge in [-0.25, -0.2) is 0 Å². The molecule has 0 saturated carbocycles. The van der Waals surface area contributed by atoms with Gasteiger partial charge in [0.05, 0.1) is 6.10 Å². The molecular formula is C17H29NOS. The smallest absolute Gasteiger partial charge is 0.0914 e. The van der Waals surface area contributed by atoms with Crippen molar-refractivity contribution in [1.82, 2.24) is 5.32 Å². The zero-order chi connectivity index (χ0) is 15.0. The number of rotatable bonds is 9. The summed E-state index contributed by atoms with van der Waals surface area (Å²) in [6.07, 6.45) is 3.90. The van der Waals surface area contributed by atoms with Crippen molar-refractivity contribution in [2.75, 3.05) is 18.6 Å². The van der Waals surface area contributed by atoms with Crippen LogP contribution in [0.15, 0.2) is 24.3 Å². The van der Waals surface area contributed by atoms with Crippen molar-refractivity contribution in [1.29, 1.82) is 0 Å². The summed E-state index contributed by atoms with van der Waals surface area (Å²) in [6, 6.07) is 8.87. The minimum atomic E-state index is -0.418. The molecule has 0 saturated heterocycles. The minimum Gasteiger partial charge on any atom is -0.387 e. The third-order valence-electron chi connectivity index (χ3n) is 3.47. The van der Waals surface area contributed by atoms with Gasteiger partial charge in [0.15, 0.2) is 0 Å². The first-order chi connectivity index (χ1) is 9.56. The van der Waals surface area contributed by atoms with Crippen LogP contribution in [0, 0.1) is 5.92 Å². The van der Waals surface area contributed by atoms with E-state index in [0.29, 0.717) is 18.5 Å². The second-order valence-electron chi connectivity index (χ2n) is 5.82. The van der Waals surface area contributed by atoms with Crippen LogP contribution in [0.3, 0.4) is 0 Å². The predicted molar refractivity (Wildman–Crippen MR) is 90.4 cm³/mol. The second-order valence-corrected chi connectivity index (χ2v) is 6.73. The van der Waals surface area contributed by atoms with Gasteiger partial charge in [0, 0.05) is 18.3 Å². The molecule has 0 fully saturated rings. The molecule has 0 aromatic heterocycles. The molecule has 2 unspecified atom stereocenters. The number of aliphatic hydroxyl groups excluding tert-OH is 1. The van der Waals surface area contributed by atoms with Crippen molar-refractivity contribution in [3.05, 3.63) is 35.4 Å². The molecule has 3 heteroatoms. The lowest BCUT2D eigenvalue weighted by atomic mass is 10.00. The highest BCUT2D eigenvalue weighted by atomic mass is 32.2. The first kappa shape index (κ1) is 17.5. The second kappa shape index (κ2) is 9.43. The van der Waals surface area contributed by atoms with E-state index >= 15 is 0 Å². The van der Waals surface area contributed by atoms with Gasteiger partial charge >= 0.3 is 0 Å². The van der Waals surface area contributed by atoms with Crippen molar-refractivity contribution in [2.45, 2.75) is 45.8 Å². The van der Waals surface area contributed by atoms with Gasteiger partial charge in [-0.05, 0) is 36.1 Å². The molecular weight excluding hydrogens is 266 g/mol. The molecule has 0 amide bonds. The molecule has 0 aliphatic carbocycles. The SMILES string of the molecule is CCC(CSC)NCC(O)c1ccc(CC(C)C)cc1. The topological polar surface area (TPSA) is 32.3 Å². The van der Waals surface area contributed by atoms with Crippen molar-refractivity contribution in [3.8, 4) is 0 Å². The molecule has 20 heavy (non-hydrogen) atoms. The van der Waals surface area contributed by atoms with Crippen LogP contribution in [0.2, 0.25) is 0 Å². The molecule has 2 atom stereocenters. The molecule has 0 radical (unpaired) electrons. The number of nitrogens with one attached hydrogen (secondary N) is 1. The Hall–Kier alpha value is -0.510. The highest BCUT2D eigenvalue weighted by Gasteiger charge is 2.11. The summed E-state index contributed by atoms with van der Waals surface area (Å²) in [5, 5.41) is 13.7. The Kier molecular flexibility index (Phi) is 8.27. The Labute approximate surface area is 128 Å². The maximum Gasteiger partial charge on any atom is 0.0914 e. The fourth-order valence-electron chi connectivity index (χ4n) is 2.27. The number of benzene rings is 1. The van der Waals surface area contributed by atoms with E-state index in [1.54, 1.807) is 0 Å². The van der Waals surface area contributed by atoms with Gasteiger partial charge in [0.2, 0.25) is 0 Å². The third-order valence-corrected chi connectivity index (χ3v) is 4.20. The average Bonchev–Trinajstić information content (AvgIpc) is 2.43. The monoisotopic (exact) mass is 295 g/mol. The maximum absolute atomic E-state index is 10.2. The van der Waals surface area contributed by atoms with E-state index in [4.69, 9.17) is 0 Å². The zero-order valence-corrected chi connectivity index (χ0v) is 14.0. The Morgan fingerprint density at radius 2 is 1.85 bits per heavy atom. The lowest BCUT2D eigenvalue weighted by Crippen LogP contribution is -2.34. The fourth-order valence-corrected chi connectivity index (χ4v) is 3.02. The number of hydrogen-bond donors (Lipinski definition) is 2. The molecule has 0 aliphatic heterocycles. The lowest BCUT2D eigenvalue weighted by molar-refractivity contribution is 0.170. The molecule has 1 aromatic rings. The third kappa shape index (κ3) is 6.29. The molecule has 2 N–H and O–H groups in total. The Balaban J connectivity index is 2.48. The summed E-state index contributed by atoms with van der Waals surface area (Å²) < 4.78 is 0. The highest BCUT2D eigenvalue weighted by Crippen LogP contribution is 2.15. The Morgan fingerprint density at radius 3 is 2.35 bits per heavy atom. The molecule has 0 spiro atoms. The van der Waals surface area contributed by atoms with Gasteiger partial charge < -0.3 is 10.4 Å². The van der Waals surface area contributed by atoms with Crippen LogP contribution in [-0.4, -0.2) is 29.7 Å². The first-order valence-corrected chi connectivity index (χ1v) is 8.95. The van der Waals surface area contributed by atoms with Crippen LogP contribution >= 0.6 is 11.8 Å². The van der Waals surface area contributed by atoms with E-state index < -0.39 is 6.10 Å². The van der Waals surface area contributed by atoms with E-state index in [0.717, 1.165) is 24.2 Å². The van der Waals surface area contributed by atoms with Crippen molar-refractivity contribution in [2.24, 2.45) is 5.92 Å². The summed E-state index contributed by atoms with van der Waals surface area (Å²) >= 11 is 1.85. The fraction of sp³-hybridized carbons (Fsp3) is 0.647. The Morgan fingerprint density at radius 1 is 1.20 bits per heavy atom. The van der Waals surface area contributed by atoms with E-state index in [9.17, 15) is 5.11 Å². The maximum atomic E-state index is 10.2. The lowest BCUT2D eigenvalue weighted by Gasteiger charge is -2.19. The van der Waals surface area contributed by atoms with E-state index in [1.807, 2.05) is 11.8 Å². The molecule has 1 rings (SSSR count). The van der Waals surface area contributed by atoms with Crippen LogP contribution in [0.5, 0.6) is 0 Å². The van der Waals surface area contributed by atoms with Crippen LogP contribution < -0.4 is 5.32 Å². The van der Waals surface area contributed by atoms with E-state index in [2.05, 4.69) is 56.6 Å². The van der Waals surface area contributed by atoms with Crippen LogP contribution in [0.25, 0.3) is 0 Å². The van der Waals surface area contributed by atoms with E-state index in [-0.39, 0.29) is 0 Å². The summed E-state index contributed by atoms with van der Waals surface area (Å²) in [4.78, 5) is 0. The average molecular weight is 295 g/mol. The number of thioether (sulfide) groups is 1. The standard InChI is InChI=1S/C17H29NOS/c1-5-16(12-20-4)18-11-17(19)15-8-6-14(7-9-15)10-13(2)3/h6-9,13,16-19H,5,10-12H2,1-4H3. The summed E-state index contributed by atoms with van der Waals surface area (Å²) in [6.45, 7) is 7.26. The van der Waals surface area contributed by atoms with Gasteiger partial charge in [-0.1, -0.05) is 45.0 Å². The quantitative estimate of drug-likeness (QED) is 0.729. The molecule has 2 nitrogen and oxygen atoms in total. The summed E-state index contributed by atoms with van der Waals surface area (Å²) in [5.74, 6) is 1.76. The molecule has 0 heterocycles. The van der Waals surface area contributed by atoms with Crippen molar-refractivity contribution < 1.29 is 5.11 Å². The summed E-state index contributed by atoms with van der Waals surface area (Å²) in [5.41, 5.74) is 2.35. The van der Waals surface area contributed by atoms with Gasteiger partial charge in [-0.15, -0.1) is 0 Å². The van der Waals surface area contributed by atoms with Gasteiger partial charge in [0.25, 0.3) is 0 Å². The predicted octanol–water partition coefficient (Wildman–Crippen LogP) is 3.65.